The molecule has 0 radical (unpaired) electrons. The van der Waals surface area contributed by atoms with E-state index in [1.165, 1.54) is 14.4 Å². The molecule has 0 saturated heterocycles. The number of hydrogen-bond donors (Lipinski definition) is 0. The number of fused-ring (bicyclic) bond motifs is 1. The first kappa shape index (κ1) is 13.9. The first-order chi connectivity index (χ1) is 10.7. The van der Waals surface area contributed by atoms with Gasteiger partial charge in [0.05, 0.1) is 5.69 Å². The summed E-state index contributed by atoms with van der Waals surface area (Å²) in [6.45, 7) is 0. The molecule has 3 aromatic rings. The molecular formula is C13H12BN5O3. The highest BCUT2D eigenvalue weighted by atomic mass is 16.7. The molecule has 1 aromatic carbocycles. The molecule has 8 nitrogen and oxygen atoms in total. The molecule has 0 aliphatic heterocycles. The highest BCUT2D eigenvalue weighted by molar-refractivity contribution is 6.02. The number of carbonyl (C=O) groups excluding carboxylic acids is 1. The molecule has 0 fully saturated rings. The molecule has 0 spiro atoms. The summed E-state index contributed by atoms with van der Waals surface area (Å²) in [5.41, 5.74) is 2.18. The molecule has 0 bridgehead atoms. The van der Waals surface area contributed by atoms with Crippen molar-refractivity contribution in [2.75, 3.05) is 0 Å². The lowest BCUT2D eigenvalue weighted by Crippen LogP contribution is -2.22. The predicted octanol–water partition coefficient (Wildman–Crippen LogP) is 0.263. The average molecular weight is 297 g/mol. The Kier molecular flexibility index (Phi) is 3.61. The van der Waals surface area contributed by atoms with Gasteiger partial charge in [0.1, 0.15) is 16.7 Å². The van der Waals surface area contributed by atoms with Crippen molar-refractivity contribution in [2.24, 2.45) is 12.0 Å². The molecular weight excluding hydrogens is 285 g/mol. The second-order valence-corrected chi connectivity index (χ2v) is 4.49. The first-order valence-electron chi connectivity index (χ1n) is 6.44. The highest BCUT2D eigenvalue weighted by Crippen LogP contribution is 2.16. The van der Waals surface area contributed by atoms with Crippen molar-refractivity contribution in [3.05, 3.63) is 42.2 Å². The van der Waals surface area contributed by atoms with Crippen LogP contribution in [0.5, 0.6) is 0 Å². The van der Waals surface area contributed by atoms with Crippen LogP contribution in [0.4, 0.5) is 5.69 Å². The second-order valence-electron chi connectivity index (χ2n) is 4.49. The average Bonchev–Trinajstić information content (AvgIpc) is 3.09. The zero-order valence-electron chi connectivity index (χ0n) is 12.0. The summed E-state index contributed by atoms with van der Waals surface area (Å²) < 4.78 is 6.36. The number of para-hydroxylation sites is 1. The molecule has 0 aliphatic carbocycles. The van der Waals surface area contributed by atoms with Crippen molar-refractivity contribution in [3.8, 4) is 0 Å². The van der Waals surface area contributed by atoms with Gasteiger partial charge in [-0.25, -0.2) is 9.79 Å². The fraction of sp³-hybridized carbons (Fsp3) is 0.0769. The third-order valence-corrected chi connectivity index (χ3v) is 3.00. The largest absolute Gasteiger partial charge is 0.560 e. The molecule has 0 atom stereocenters. The van der Waals surface area contributed by atoms with E-state index in [1.54, 1.807) is 36.0 Å². The van der Waals surface area contributed by atoms with E-state index in [4.69, 9.17) is 9.49 Å². The molecule has 0 N–H and O–H groups in total. The Morgan fingerprint density at radius 1 is 1.41 bits per heavy atom. The maximum atomic E-state index is 12.2. The lowest BCUT2D eigenvalue weighted by Gasteiger charge is -2.03. The standard InChI is InChI=1S/C13H12BN5O3/c1-18-7-9(15-8-21-14)6-12(18)13(20)22-19-11-5-3-2-4-10(11)16-17-19/h2-8H,14H2,1H3. The minimum absolute atomic E-state index is 0.336. The third kappa shape index (κ3) is 2.56. The van der Waals surface area contributed by atoms with Crippen molar-refractivity contribution < 1.29 is 14.3 Å². The quantitative estimate of drug-likeness (QED) is 0.298. The number of rotatable bonds is 4. The Hall–Kier alpha value is -3.10. The number of aryl methyl sites for hydroxylation is 1. The number of hydrogen-bond acceptors (Lipinski definition) is 6. The zero-order valence-corrected chi connectivity index (χ0v) is 12.0. The number of benzene rings is 1. The Bertz CT molecular complexity index is 854. The minimum Gasteiger partial charge on any atom is -0.560 e. The fourth-order valence-electron chi connectivity index (χ4n) is 1.97. The van der Waals surface area contributed by atoms with Crippen LogP contribution in [0.25, 0.3) is 11.0 Å². The lowest BCUT2D eigenvalue weighted by atomic mass is 10.3. The van der Waals surface area contributed by atoms with Gasteiger partial charge in [-0.1, -0.05) is 17.0 Å². The third-order valence-electron chi connectivity index (χ3n) is 3.00. The van der Waals surface area contributed by atoms with Gasteiger partial charge in [-0.3, -0.25) is 0 Å². The van der Waals surface area contributed by atoms with Crippen molar-refractivity contribution in [3.63, 3.8) is 0 Å². The summed E-state index contributed by atoms with van der Waals surface area (Å²) >= 11 is 0. The summed E-state index contributed by atoms with van der Waals surface area (Å²) in [6.07, 6.45) is 2.97. The van der Waals surface area contributed by atoms with E-state index in [2.05, 4.69) is 15.3 Å². The van der Waals surface area contributed by atoms with Crippen molar-refractivity contribution in [2.45, 2.75) is 0 Å². The maximum absolute atomic E-state index is 12.2. The molecule has 110 valence electrons. The van der Waals surface area contributed by atoms with E-state index in [1.807, 2.05) is 12.1 Å². The Morgan fingerprint density at radius 3 is 3.05 bits per heavy atom. The lowest BCUT2D eigenvalue weighted by molar-refractivity contribution is 0.0398. The van der Waals surface area contributed by atoms with E-state index in [0.717, 1.165) is 4.85 Å². The van der Waals surface area contributed by atoms with Gasteiger partial charge in [0, 0.05) is 13.2 Å². The molecule has 0 saturated carbocycles. The van der Waals surface area contributed by atoms with Gasteiger partial charge in [-0.15, -0.1) is 5.10 Å². The van der Waals surface area contributed by atoms with Crippen LogP contribution in [0.15, 0.2) is 41.5 Å². The zero-order chi connectivity index (χ0) is 15.5. The van der Waals surface area contributed by atoms with Gasteiger partial charge in [0.25, 0.3) is 0 Å². The van der Waals surface area contributed by atoms with Gasteiger partial charge < -0.3 is 14.1 Å². The van der Waals surface area contributed by atoms with Crippen LogP contribution in [0.3, 0.4) is 0 Å². The second kappa shape index (κ2) is 5.72. The van der Waals surface area contributed by atoms with Gasteiger partial charge in [-0.05, 0) is 23.4 Å². The predicted molar refractivity (Wildman–Crippen MR) is 81.6 cm³/mol. The van der Waals surface area contributed by atoms with Crippen LogP contribution in [-0.2, 0) is 11.7 Å². The Morgan fingerprint density at radius 2 is 2.23 bits per heavy atom. The summed E-state index contributed by atoms with van der Waals surface area (Å²) in [4.78, 5) is 22.6. The van der Waals surface area contributed by atoms with Crippen molar-refractivity contribution in [1.82, 2.24) is 19.7 Å². The van der Waals surface area contributed by atoms with Gasteiger partial charge in [-0.2, -0.15) is 0 Å². The number of nitrogens with zero attached hydrogens (tertiary/aromatic N) is 5. The topological polar surface area (TPSA) is 83.5 Å². The Labute approximate surface area is 126 Å². The monoisotopic (exact) mass is 297 g/mol. The Balaban J connectivity index is 1.85. The molecule has 9 heteroatoms. The van der Waals surface area contributed by atoms with E-state index >= 15 is 0 Å². The van der Waals surface area contributed by atoms with E-state index in [0.29, 0.717) is 22.4 Å². The smallest absolute Gasteiger partial charge is 0.382 e. The van der Waals surface area contributed by atoms with E-state index in [9.17, 15) is 4.79 Å². The number of aromatic nitrogens is 4. The van der Waals surface area contributed by atoms with Crippen molar-refractivity contribution in [1.29, 1.82) is 0 Å². The van der Waals surface area contributed by atoms with Crippen LogP contribution in [0.2, 0.25) is 0 Å². The minimum atomic E-state index is -0.558. The molecule has 0 unspecified atom stereocenters. The van der Waals surface area contributed by atoms with Crippen LogP contribution in [0.1, 0.15) is 10.5 Å². The summed E-state index contributed by atoms with van der Waals surface area (Å²) in [7, 11) is 3.22. The summed E-state index contributed by atoms with van der Waals surface area (Å²) in [6, 6.07) is 8.79. The van der Waals surface area contributed by atoms with Gasteiger partial charge in [0.15, 0.2) is 6.40 Å². The van der Waals surface area contributed by atoms with Gasteiger partial charge in [0.2, 0.25) is 0 Å². The van der Waals surface area contributed by atoms with Crippen LogP contribution < -0.4 is 4.84 Å². The molecule has 2 aromatic heterocycles. The molecule has 3 rings (SSSR count). The number of aliphatic imine (C=N–C) groups is 1. The maximum Gasteiger partial charge on any atom is 0.382 e. The molecule has 0 amide bonds. The molecule has 2 heterocycles. The van der Waals surface area contributed by atoms with Gasteiger partial charge >= 0.3 is 14.0 Å². The van der Waals surface area contributed by atoms with Crippen LogP contribution in [0, 0.1) is 0 Å². The molecule has 0 aliphatic rings. The fourth-order valence-corrected chi connectivity index (χ4v) is 1.97. The SMILES string of the molecule is BOC=Nc1cc(C(=O)On2nnc3ccccc32)n(C)c1. The molecule has 22 heavy (non-hydrogen) atoms. The normalized spacial score (nSPS) is 11.1. The van der Waals surface area contributed by atoms with Crippen LogP contribution in [-0.4, -0.2) is 40.1 Å². The van der Waals surface area contributed by atoms with Crippen molar-refractivity contribution >= 4 is 37.1 Å². The highest BCUT2D eigenvalue weighted by Gasteiger charge is 2.16. The summed E-state index contributed by atoms with van der Waals surface area (Å²) in [5, 5.41) is 7.73. The van der Waals surface area contributed by atoms with Crippen LogP contribution >= 0.6 is 0 Å². The van der Waals surface area contributed by atoms with E-state index < -0.39 is 5.97 Å². The van der Waals surface area contributed by atoms with E-state index in [-0.39, 0.29) is 0 Å². The first-order valence-corrected chi connectivity index (χ1v) is 6.44. The number of carbonyl (C=O) groups is 1. The summed E-state index contributed by atoms with van der Waals surface area (Å²) in [5.74, 6) is -0.558.